The fourth-order valence-corrected chi connectivity index (χ4v) is 3.10. The topological polar surface area (TPSA) is 86.3 Å². The standard InChI is InChI=1S/C22H16FN3O3/c1-26(21(27)14-2-4-15(5-3-14)22(28)29)17-10-11-19-18(12-17)20(25-24-19)13-6-8-16(23)9-7-13/h2-12H,1H3,(H,24,25)(H,28,29). The number of aromatic amines is 1. The summed E-state index contributed by atoms with van der Waals surface area (Å²) in [7, 11) is 1.65. The van der Waals surface area contributed by atoms with Gasteiger partial charge in [0.1, 0.15) is 5.82 Å². The third kappa shape index (κ3) is 3.45. The van der Waals surface area contributed by atoms with Crippen LogP contribution >= 0.6 is 0 Å². The van der Waals surface area contributed by atoms with E-state index >= 15 is 0 Å². The zero-order chi connectivity index (χ0) is 20.5. The van der Waals surface area contributed by atoms with Crippen molar-refractivity contribution in [3.8, 4) is 11.3 Å². The van der Waals surface area contributed by atoms with Crippen LogP contribution in [-0.2, 0) is 0 Å². The summed E-state index contributed by atoms with van der Waals surface area (Å²) in [5.74, 6) is -1.64. The summed E-state index contributed by atoms with van der Waals surface area (Å²) in [4.78, 5) is 25.3. The second kappa shape index (κ2) is 7.20. The lowest BCUT2D eigenvalue weighted by Gasteiger charge is -2.18. The van der Waals surface area contributed by atoms with Crippen LogP contribution in [0.3, 0.4) is 0 Å². The van der Waals surface area contributed by atoms with Crippen molar-refractivity contribution >= 4 is 28.5 Å². The Balaban J connectivity index is 1.68. The van der Waals surface area contributed by atoms with Gasteiger partial charge in [-0.3, -0.25) is 9.89 Å². The molecule has 29 heavy (non-hydrogen) atoms. The Morgan fingerprint density at radius 2 is 1.62 bits per heavy atom. The molecule has 2 N–H and O–H groups in total. The molecule has 0 unspecified atom stereocenters. The molecular formula is C22H16FN3O3. The number of carboxylic acids is 1. The average Bonchev–Trinajstić information content (AvgIpc) is 3.16. The quantitative estimate of drug-likeness (QED) is 0.544. The Bertz CT molecular complexity index is 1210. The Labute approximate surface area is 165 Å². The Hall–Kier alpha value is -4.00. The van der Waals surface area contributed by atoms with E-state index in [0.717, 1.165) is 16.5 Å². The van der Waals surface area contributed by atoms with E-state index in [2.05, 4.69) is 10.2 Å². The van der Waals surface area contributed by atoms with E-state index in [4.69, 9.17) is 5.11 Å². The van der Waals surface area contributed by atoms with Crippen molar-refractivity contribution in [2.75, 3.05) is 11.9 Å². The van der Waals surface area contributed by atoms with E-state index in [1.807, 2.05) is 12.1 Å². The molecule has 0 aliphatic rings. The van der Waals surface area contributed by atoms with E-state index < -0.39 is 5.97 Å². The van der Waals surface area contributed by atoms with Crippen LogP contribution in [0.1, 0.15) is 20.7 Å². The van der Waals surface area contributed by atoms with Crippen LogP contribution in [-0.4, -0.2) is 34.2 Å². The van der Waals surface area contributed by atoms with Gasteiger partial charge >= 0.3 is 5.97 Å². The number of fused-ring (bicyclic) bond motifs is 1. The lowest BCUT2D eigenvalue weighted by molar-refractivity contribution is 0.0696. The summed E-state index contributed by atoms with van der Waals surface area (Å²) >= 11 is 0. The molecule has 4 aromatic rings. The molecule has 0 atom stereocenters. The average molecular weight is 389 g/mol. The lowest BCUT2D eigenvalue weighted by Crippen LogP contribution is -2.26. The normalized spacial score (nSPS) is 10.8. The first kappa shape index (κ1) is 18.4. The molecule has 7 heteroatoms. The van der Waals surface area contributed by atoms with Gasteiger partial charge in [-0.05, 0) is 66.7 Å². The van der Waals surface area contributed by atoms with Crippen LogP contribution in [0.25, 0.3) is 22.2 Å². The third-order valence-corrected chi connectivity index (χ3v) is 4.73. The predicted octanol–water partition coefficient (Wildman–Crippen LogP) is 4.34. The predicted molar refractivity (Wildman–Crippen MR) is 108 cm³/mol. The van der Waals surface area contributed by atoms with Crippen molar-refractivity contribution in [1.82, 2.24) is 10.2 Å². The molecule has 1 amide bonds. The van der Waals surface area contributed by atoms with Gasteiger partial charge in [0.15, 0.2) is 0 Å². The van der Waals surface area contributed by atoms with Crippen molar-refractivity contribution in [3.63, 3.8) is 0 Å². The van der Waals surface area contributed by atoms with Crippen LogP contribution in [0.2, 0.25) is 0 Å². The van der Waals surface area contributed by atoms with E-state index in [1.54, 1.807) is 25.2 Å². The first-order valence-electron chi connectivity index (χ1n) is 8.79. The van der Waals surface area contributed by atoms with Gasteiger partial charge in [-0.25, -0.2) is 9.18 Å². The minimum absolute atomic E-state index is 0.118. The highest BCUT2D eigenvalue weighted by molar-refractivity contribution is 6.07. The van der Waals surface area contributed by atoms with Crippen LogP contribution in [0, 0.1) is 5.82 Å². The Kier molecular flexibility index (Phi) is 4.56. The maximum Gasteiger partial charge on any atom is 0.335 e. The largest absolute Gasteiger partial charge is 0.478 e. The first-order valence-corrected chi connectivity index (χ1v) is 8.79. The number of carboxylic acid groups (broad SMARTS) is 1. The minimum atomic E-state index is -1.05. The molecule has 0 radical (unpaired) electrons. The number of rotatable bonds is 4. The number of nitrogens with zero attached hydrogens (tertiary/aromatic N) is 2. The summed E-state index contributed by atoms with van der Waals surface area (Å²) in [5.41, 5.74) is 3.35. The van der Waals surface area contributed by atoms with E-state index in [1.165, 1.54) is 41.3 Å². The number of amides is 1. The second-order valence-electron chi connectivity index (χ2n) is 6.56. The summed E-state index contributed by atoms with van der Waals surface area (Å²) in [5, 5.41) is 17.1. The summed E-state index contributed by atoms with van der Waals surface area (Å²) in [6, 6.07) is 17.3. The fraction of sp³-hybridized carbons (Fsp3) is 0.0455. The second-order valence-corrected chi connectivity index (χ2v) is 6.56. The minimum Gasteiger partial charge on any atom is -0.478 e. The molecular weight excluding hydrogens is 373 g/mol. The number of hydrogen-bond acceptors (Lipinski definition) is 3. The molecule has 0 saturated carbocycles. The number of aromatic nitrogens is 2. The van der Waals surface area contributed by atoms with Gasteiger partial charge in [-0.1, -0.05) is 0 Å². The number of aromatic carboxylic acids is 1. The summed E-state index contributed by atoms with van der Waals surface area (Å²) < 4.78 is 13.2. The number of hydrogen-bond donors (Lipinski definition) is 2. The summed E-state index contributed by atoms with van der Waals surface area (Å²) in [6.07, 6.45) is 0. The van der Waals surface area contributed by atoms with Crippen LogP contribution in [0.5, 0.6) is 0 Å². The molecule has 0 fully saturated rings. The number of benzene rings is 3. The smallest absolute Gasteiger partial charge is 0.335 e. The molecule has 1 heterocycles. The molecule has 0 saturated heterocycles. The maximum atomic E-state index is 13.2. The maximum absolute atomic E-state index is 13.2. The monoisotopic (exact) mass is 389 g/mol. The highest BCUT2D eigenvalue weighted by Gasteiger charge is 2.16. The van der Waals surface area contributed by atoms with Crippen molar-refractivity contribution < 1.29 is 19.1 Å². The molecule has 3 aromatic carbocycles. The SMILES string of the molecule is CN(C(=O)c1ccc(C(=O)O)cc1)c1ccc2[nH]nc(-c3ccc(F)cc3)c2c1. The van der Waals surface area contributed by atoms with Crippen molar-refractivity contribution in [1.29, 1.82) is 0 Å². The molecule has 0 aliphatic carbocycles. The molecule has 0 aliphatic heterocycles. The third-order valence-electron chi connectivity index (χ3n) is 4.73. The van der Waals surface area contributed by atoms with Crippen LogP contribution in [0.15, 0.2) is 66.7 Å². The zero-order valence-corrected chi connectivity index (χ0v) is 15.4. The fourth-order valence-electron chi connectivity index (χ4n) is 3.10. The molecule has 1 aromatic heterocycles. The van der Waals surface area contributed by atoms with E-state index in [-0.39, 0.29) is 17.3 Å². The van der Waals surface area contributed by atoms with E-state index in [9.17, 15) is 14.0 Å². The number of halogens is 1. The molecule has 144 valence electrons. The summed E-state index contributed by atoms with van der Waals surface area (Å²) in [6.45, 7) is 0. The van der Waals surface area contributed by atoms with Gasteiger partial charge in [-0.2, -0.15) is 5.10 Å². The van der Waals surface area contributed by atoms with Crippen LogP contribution in [0.4, 0.5) is 10.1 Å². The van der Waals surface area contributed by atoms with Crippen molar-refractivity contribution in [3.05, 3.63) is 83.7 Å². The van der Waals surface area contributed by atoms with Gasteiger partial charge in [0, 0.05) is 29.2 Å². The van der Waals surface area contributed by atoms with Crippen molar-refractivity contribution in [2.45, 2.75) is 0 Å². The number of anilines is 1. The van der Waals surface area contributed by atoms with Crippen LogP contribution < -0.4 is 4.90 Å². The number of nitrogens with one attached hydrogen (secondary N) is 1. The number of carbonyl (C=O) groups excluding carboxylic acids is 1. The van der Waals surface area contributed by atoms with Gasteiger partial charge in [0.25, 0.3) is 5.91 Å². The van der Waals surface area contributed by atoms with Crippen molar-refractivity contribution in [2.24, 2.45) is 0 Å². The zero-order valence-electron chi connectivity index (χ0n) is 15.4. The van der Waals surface area contributed by atoms with Gasteiger partial charge in [-0.15, -0.1) is 0 Å². The first-order chi connectivity index (χ1) is 13.9. The molecule has 0 bridgehead atoms. The molecule has 6 nitrogen and oxygen atoms in total. The molecule has 0 spiro atoms. The van der Waals surface area contributed by atoms with Gasteiger partial charge in [0.2, 0.25) is 0 Å². The lowest BCUT2D eigenvalue weighted by atomic mass is 10.1. The van der Waals surface area contributed by atoms with Gasteiger partial charge in [0.05, 0.1) is 16.8 Å². The Morgan fingerprint density at radius 3 is 2.28 bits per heavy atom. The van der Waals surface area contributed by atoms with Gasteiger partial charge < -0.3 is 10.0 Å². The molecule has 4 rings (SSSR count). The highest BCUT2D eigenvalue weighted by atomic mass is 19.1. The number of H-pyrrole nitrogens is 1. The van der Waals surface area contributed by atoms with E-state index in [0.29, 0.717) is 16.9 Å². The Morgan fingerprint density at radius 1 is 0.966 bits per heavy atom. The number of carbonyl (C=O) groups is 2. The highest BCUT2D eigenvalue weighted by Crippen LogP contribution is 2.30.